The predicted molar refractivity (Wildman–Crippen MR) is 133 cm³/mol. The minimum absolute atomic E-state index is 0.0920. The van der Waals surface area contributed by atoms with Crippen LogP contribution in [0.2, 0.25) is 0 Å². The molecule has 0 bridgehead atoms. The molecule has 0 radical (unpaired) electrons. The summed E-state index contributed by atoms with van der Waals surface area (Å²) < 4.78 is 17.2. The molecule has 1 aliphatic rings. The minimum Gasteiger partial charge on any atom is -0.424 e. The van der Waals surface area contributed by atoms with Gasteiger partial charge in [0.05, 0.1) is 24.3 Å². The Labute approximate surface area is 208 Å². The molecule has 5 unspecified atom stereocenters. The van der Waals surface area contributed by atoms with Crippen molar-refractivity contribution in [3.05, 3.63) is 11.6 Å². The van der Waals surface area contributed by atoms with Gasteiger partial charge in [0.15, 0.2) is 5.96 Å². The number of guanidine groups is 1. The Kier molecular flexibility index (Phi) is 12.2. The molecule has 0 saturated carbocycles. The van der Waals surface area contributed by atoms with E-state index in [9.17, 15) is 14.4 Å². The van der Waals surface area contributed by atoms with E-state index in [0.29, 0.717) is 0 Å². The van der Waals surface area contributed by atoms with Gasteiger partial charge in [0.25, 0.3) is 0 Å². The van der Waals surface area contributed by atoms with Crippen LogP contribution in [0.25, 0.3) is 0 Å². The lowest BCUT2D eigenvalue weighted by atomic mass is 9.87. The second-order valence-electron chi connectivity index (χ2n) is 9.51. The molecule has 5 atom stereocenters. The van der Waals surface area contributed by atoms with Crippen LogP contribution in [0.4, 0.5) is 0 Å². The van der Waals surface area contributed by atoms with Crippen molar-refractivity contribution in [3.63, 3.8) is 0 Å². The number of aliphatic imine (C=N–C) groups is 1. The topological polar surface area (TPSA) is 181 Å². The summed E-state index contributed by atoms with van der Waals surface area (Å²) in [5.41, 5.74) is 17.4. The van der Waals surface area contributed by atoms with E-state index < -0.39 is 42.5 Å². The summed E-state index contributed by atoms with van der Waals surface area (Å²) in [4.78, 5) is 41.7. The zero-order chi connectivity index (χ0) is 26.9. The van der Waals surface area contributed by atoms with Gasteiger partial charge in [-0.25, -0.2) is 9.79 Å². The lowest BCUT2D eigenvalue weighted by Crippen LogP contribution is -2.54. The number of nitrogens with one attached hydrogen (secondary N) is 1. The Morgan fingerprint density at radius 1 is 1.09 bits per heavy atom. The zero-order valence-corrected chi connectivity index (χ0v) is 21.9. The van der Waals surface area contributed by atoms with Crippen molar-refractivity contribution >= 4 is 23.8 Å². The zero-order valence-electron chi connectivity index (χ0n) is 21.9. The Bertz CT molecular complexity index is 789. The number of esters is 2. The van der Waals surface area contributed by atoms with Crippen molar-refractivity contribution in [2.75, 3.05) is 0 Å². The van der Waals surface area contributed by atoms with Gasteiger partial charge >= 0.3 is 11.9 Å². The molecule has 0 saturated heterocycles. The lowest BCUT2D eigenvalue weighted by Gasteiger charge is -2.37. The summed E-state index contributed by atoms with van der Waals surface area (Å²) in [5.74, 6) is -2.26. The van der Waals surface area contributed by atoms with Crippen LogP contribution in [0, 0.1) is 11.8 Å². The van der Waals surface area contributed by atoms with Crippen molar-refractivity contribution in [1.29, 1.82) is 0 Å². The number of nitrogens with two attached hydrogens (primary N) is 3. The van der Waals surface area contributed by atoms with Gasteiger partial charge in [0.1, 0.15) is 6.04 Å². The van der Waals surface area contributed by atoms with Gasteiger partial charge in [-0.1, -0.05) is 41.5 Å². The Morgan fingerprint density at radius 3 is 2.14 bits per heavy atom. The smallest absolute Gasteiger partial charge is 0.336 e. The molecule has 11 nitrogen and oxygen atoms in total. The third kappa shape index (κ3) is 9.48. The van der Waals surface area contributed by atoms with Gasteiger partial charge in [-0.2, -0.15) is 0 Å². The number of hydrogen-bond acceptors (Lipinski definition) is 8. The third-order valence-corrected chi connectivity index (χ3v) is 5.76. The van der Waals surface area contributed by atoms with Crippen LogP contribution < -0.4 is 22.5 Å². The highest BCUT2D eigenvalue weighted by Gasteiger charge is 2.39. The summed E-state index contributed by atoms with van der Waals surface area (Å²) in [6.45, 7) is 12.5. The first-order chi connectivity index (χ1) is 16.3. The number of ether oxygens (including phenoxy) is 3. The second kappa shape index (κ2) is 14.0. The first kappa shape index (κ1) is 30.4. The molecule has 0 aromatic rings. The second-order valence-corrected chi connectivity index (χ2v) is 9.51. The minimum atomic E-state index is -1.13. The van der Waals surface area contributed by atoms with Crippen LogP contribution >= 0.6 is 0 Å². The Hall–Kier alpha value is -2.66. The van der Waals surface area contributed by atoms with Crippen molar-refractivity contribution in [1.82, 2.24) is 5.32 Å². The van der Waals surface area contributed by atoms with E-state index in [1.165, 1.54) is 6.92 Å². The van der Waals surface area contributed by atoms with E-state index in [2.05, 4.69) is 10.3 Å². The highest BCUT2D eigenvalue weighted by atomic mass is 16.7. The van der Waals surface area contributed by atoms with Crippen LogP contribution in [0.3, 0.4) is 0 Å². The Balaban J connectivity index is 3.26. The van der Waals surface area contributed by atoms with Gasteiger partial charge in [0.2, 0.25) is 12.2 Å². The largest absolute Gasteiger partial charge is 0.424 e. The van der Waals surface area contributed by atoms with Crippen LogP contribution in [0.15, 0.2) is 16.6 Å². The SMILES string of the molecule is CCC(CC)OC1C=C(C(=O)OC(OC(=O)C(N)C(C)C)C(C)C)CC(N=C(N)N)C1NC(C)=O. The maximum absolute atomic E-state index is 13.2. The van der Waals surface area contributed by atoms with E-state index in [4.69, 9.17) is 31.4 Å². The van der Waals surface area contributed by atoms with Crippen molar-refractivity contribution in [2.24, 2.45) is 34.0 Å². The molecule has 35 heavy (non-hydrogen) atoms. The number of carbonyl (C=O) groups excluding carboxylic acids is 3. The van der Waals surface area contributed by atoms with Gasteiger partial charge in [0, 0.05) is 24.8 Å². The third-order valence-electron chi connectivity index (χ3n) is 5.76. The van der Waals surface area contributed by atoms with E-state index in [1.54, 1.807) is 33.8 Å². The molecule has 0 aromatic carbocycles. The molecular weight excluding hydrogens is 454 g/mol. The lowest BCUT2D eigenvalue weighted by molar-refractivity contribution is -0.195. The van der Waals surface area contributed by atoms with E-state index >= 15 is 0 Å². The highest BCUT2D eigenvalue weighted by Crippen LogP contribution is 2.28. The summed E-state index contributed by atoms with van der Waals surface area (Å²) in [6, 6.07) is -2.09. The monoisotopic (exact) mass is 497 g/mol. The van der Waals surface area contributed by atoms with Gasteiger partial charge in [-0.3, -0.25) is 9.59 Å². The van der Waals surface area contributed by atoms with Crippen molar-refractivity contribution in [3.8, 4) is 0 Å². The van der Waals surface area contributed by atoms with Gasteiger partial charge in [-0.15, -0.1) is 0 Å². The number of hydrogen-bond donors (Lipinski definition) is 4. The summed E-state index contributed by atoms with van der Waals surface area (Å²) in [7, 11) is 0. The molecule has 1 amide bonds. The van der Waals surface area contributed by atoms with E-state index in [0.717, 1.165) is 12.8 Å². The fourth-order valence-electron chi connectivity index (χ4n) is 3.59. The molecule has 0 aromatic heterocycles. The maximum Gasteiger partial charge on any atom is 0.336 e. The van der Waals surface area contributed by atoms with Crippen LogP contribution in [-0.4, -0.2) is 60.4 Å². The fraction of sp³-hybridized carbons (Fsp3) is 0.750. The van der Waals surface area contributed by atoms with Gasteiger partial charge in [-0.05, 0) is 24.8 Å². The molecule has 1 aliphatic carbocycles. The molecule has 0 spiro atoms. The first-order valence-electron chi connectivity index (χ1n) is 12.2. The van der Waals surface area contributed by atoms with Crippen LogP contribution in [-0.2, 0) is 28.6 Å². The molecular formula is C24H43N5O6. The molecule has 7 N–H and O–H groups in total. The first-order valence-corrected chi connectivity index (χ1v) is 12.2. The van der Waals surface area contributed by atoms with Crippen molar-refractivity contribution in [2.45, 2.75) is 104 Å². The quantitative estimate of drug-likeness (QED) is 0.133. The highest BCUT2D eigenvalue weighted by molar-refractivity contribution is 5.89. The summed E-state index contributed by atoms with van der Waals surface area (Å²) in [5, 5.41) is 2.85. The average molecular weight is 498 g/mol. The van der Waals surface area contributed by atoms with E-state index in [1.807, 2.05) is 13.8 Å². The van der Waals surface area contributed by atoms with Crippen LogP contribution in [0.1, 0.15) is 67.7 Å². The molecule has 200 valence electrons. The predicted octanol–water partition coefficient (Wildman–Crippen LogP) is 1.09. The standard InChI is InChI=1S/C24H43N5O6/c1-8-16(9-2)33-18-11-15(10-17(29-24(26)27)20(18)28-14(7)30)21(31)34-23(13(5)6)35-22(32)19(25)12(3)4/h11-13,16-20,23H,8-10,25H2,1-7H3,(H,28,30)(H4,26,27,29). The normalized spacial score (nSPS) is 21.8. The van der Waals surface area contributed by atoms with Crippen molar-refractivity contribution < 1.29 is 28.6 Å². The van der Waals surface area contributed by atoms with E-state index in [-0.39, 0.29) is 41.8 Å². The Morgan fingerprint density at radius 2 is 1.69 bits per heavy atom. The van der Waals surface area contributed by atoms with Crippen LogP contribution in [0.5, 0.6) is 0 Å². The maximum atomic E-state index is 13.2. The summed E-state index contributed by atoms with van der Waals surface area (Å²) in [6.07, 6.45) is 1.28. The number of amides is 1. The molecule has 0 heterocycles. The number of nitrogens with zero attached hydrogens (tertiary/aromatic N) is 1. The molecule has 11 heteroatoms. The molecule has 0 fully saturated rings. The molecule has 0 aliphatic heterocycles. The number of rotatable bonds is 12. The fourth-order valence-corrected chi connectivity index (χ4v) is 3.59. The average Bonchev–Trinajstić information content (AvgIpc) is 2.76. The summed E-state index contributed by atoms with van der Waals surface area (Å²) >= 11 is 0. The van der Waals surface area contributed by atoms with Gasteiger partial charge < -0.3 is 36.7 Å². The molecule has 1 rings (SSSR count). The number of carbonyl (C=O) groups is 3.